The Balaban J connectivity index is 1.37. The van der Waals surface area contributed by atoms with Crippen LogP contribution in [0.4, 0.5) is 5.95 Å². The van der Waals surface area contributed by atoms with E-state index >= 15 is 0 Å². The molecule has 7 nitrogen and oxygen atoms in total. The monoisotopic (exact) mass is 315 g/mol. The first-order chi connectivity index (χ1) is 11.3. The number of piperazine rings is 1. The molecule has 0 radical (unpaired) electrons. The third-order valence-electron chi connectivity index (χ3n) is 4.43. The molecule has 2 aromatic rings. The van der Waals surface area contributed by atoms with Crippen molar-refractivity contribution in [3.05, 3.63) is 35.7 Å². The molecule has 1 aromatic carbocycles. The fourth-order valence-electron chi connectivity index (χ4n) is 3.17. The minimum Gasteiger partial charge on any atom is -0.467 e. The van der Waals surface area contributed by atoms with Crippen LogP contribution in [0.15, 0.2) is 24.5 Å². The Bertz CT molecular complexity index is 679. The first-order valence-corrected chi connectivity index (χ1v) is 7.93. The first kappa shape index (κ1) is 14.5. The van der Waals surface area contributed by atoms with Gasteiger partial charge in [-0.25, -0.2) is 0 Å². The van der Waals surface area contributed by atoms with Gasteiger partial charge in [0.2, 0.25) is 5.95 Å². The highest BCUT2D eigenvalue weighted by Gasteiger charge is 2.20. The molecule has 0 N–H and O–H groups in total. The maximum atomic E-state index is 5.48. The molecule has 0 aliphatic carbocycles. The standard InChI is InChI=1S/C16H21N5O2/c1-19-11-17-18-16(19)21-6-4-20(5-7-21)9-13-2-3-15-14(8-13)10-22-12-23-15/h2-3,8,11H,4-7,9-10,12H2,1H3. The number of aryl methyl sites for hydroxylation is 1. The van der Waals surface area contributed by atoms with E-state index in [4.69, 9.17) is 9.47 Å². The zero-order chi connectivity index (χ0) is 15.6. The van der Waals surface area contributed by atoms with Gasteiger partial charge in [-0.05, 0) is 17.7 Å². The Morgan fingerprint density at radius 1 is 1.17 bits per heavy atom. The fraction of sp³-hybridized carbons (Fsp3) is 0.500. The summed E-state index contributed by atoms with van der Waals surface area (Å²) in [7, 11) is 1.99. The summed E-state index contributed by atoms with van der Waals surface area (Å²) in [4.78, 5) is 4.76. The number of nitrogens with zero attached hydrogens (tertiary/aromatic N) is 5. The van der Waals surface area contributed by atoms with Gasteiger partial charge in [0.1, 0.15) is 12.1 Å². The molecule has 0 bridgehead atoms. The highest BCUT2D eigenvalue weighted by Crippen LogP contribution is 2.25. The number of anilines is 1. The lowest BCUT2D eigenvalue weighted by Gasteiger charge is -2.35. The lowest BCUT2D eigenvalue weighted by atomic mass is 10.1. The Morgan fingerprint density at radius 2 is 2.04 bits per heavy atom. The third kappa shape index (κ3) is 3.02. The Morgan fingerprint density at radius 3 is 2.83 bits per heavy atom. The predicted octanol–water partition coefficient (Wildman–Crippen LogP) is 1.00. The van der Waals surface area contributed by atoms with Crippen LogP contribution in [0.25, 0.3) is 0 Å². The summed E-state index contributed by atoms with van der Waals surface area (Å²) in [6.07, 6.45) is 1.75. The molecule has 0 saturated carbocycles. The first-order valence-electron chi connectivity index (χ1n) is 7.93. The zero-order valence-electron chi connectivity index (χ0n) is 13.3. The molecule has 23 heavy (non-hydrogen) atoms. The van der Waals surface area contributed by atoms with E-state index in [-0.39, 0.29) is 0 Å². The second-order valence-electron chi connectivity index (χ2n) is 6.06. The highest BCUT2D eigenvalue weighted by molar-refractivity contribution is 5.37. The number of rotatable bonds is 3. The number of aromatic nitrogens is 3. The van der Waals surface area contributed by atoms with E-state index in [1.165, 1.54) is 5.56 Å². The summed E-state index contributed by atoms with van der Waals surface area (Å²) in [6, 6.07) is 6.41. The minimum absolute atomic E-state index is 0.357. The quantitative estimate of drug-likeness (QED) is 0.842. The average molecular weight is 315 g/mol. The molecule has 3 heterocycles. The maximum absolute atomic E-state index is 5.48. The summed E-state index contributed by atoms with van der Waals surface area (Å²) in [5, 5.41) is 8.15. The molecule has 0 unspecified atom stereocenters. The van der Waals surface area contributed by atoms with Gasteiger partial charge in [-0.15, -0.1) is 10.2 Å². The lowest BCUT2D eigenvalue weighted by molar-refractivity contribution is -0.0164. The van der Waals surface area contributed by atoms with Crippen LogP contribution in [-0.4, -0.2) is 52.6 Å². The van der Waals surface area contributed by atoms with Crippen molar-refractivity contribution in [2.75, 3.05) is 37.9 Å². The minimum atomic E-state index is 0.357. The van der Waals surface area contributed by atoms with Crippen molar-refractivity contribution in [2.45, 2.75) is 13.2 Å². The van der Waals surface area contributed by atoms with Gasteiger partial charge >= 0.3 is 0 Å². The molecule has 0 atom stereocenters. The average Bonchev–Trinajstić information content (AvgIpc) is 3.02. The third-order valence-corrected chi connectivity index (χ3v) is 4.43. The van der Waals surface area contributed by atoms with Gasteiger partial charge < -0.3 is 18.9 Å². The number of hydrogen-bond acceptors (Lipinski definition) is 6. The van der Waals surface area contributed by atoms with Gasteiger partial charge in [-0.1, -0.05) is 6.07 Å². The van der Waals surface area contributed by atoms with Gasteiger partial charge in [-0.3, -0.25) is 4.90 Å². The van der Waals surface area contributed by atoms with Crippen molar-refractivity contribution in [1.29, 1.82) is 0 Å². The lowest BCUT2D eigenvalue weighted by Crippen LogP contribution is -2.46. The topological polar surface area (TPSA) is 55.7 Å². The van der Waals surface area contributed by atoms with Crippen LogP contribution in [0, 0.1) is 0 Å². The van der Waals surface area contributed by atoms with Crippen molar-refractivity contribution in [1.82, 2.24) is 19.7 Å². The van der Waals surface area contributed by atoms with E-state index < -0.39 is 0 Å². The normalized spacial score (nSPS) is 18.6. The van der Waals surface area contributed by atoms with Crippen LogP contribution >= 0.6 is 0 Å². The summed E-state index contributed by atoms with van der Waals surface area (Å²) < 4.78 is 12.8. The van der Waals surface area contributed by atoms with E-state index in [1.807, 2.05) is 11.6 Å². The second kappa shape index (κ2) is 6.17. The van der Waals surface area contributed by atoms with Crippen LogP contribution < -0.4 is 9.64 Å². The van der Waals surface area contributed by atoms with Crippen LogP contribution in [0.2, 0.25) is 0 Å². The second-order valence-corrected chi connectivity index (χ2v) is 6.06. The molecule has 1 fully saturated rings. The molecule has 122 valence electrons. The van der Waals surface area contributed by atoms with E-state index in [2.05, 4.69) is 38.2 Å². The summed E-state index contributed by atoms with van der Waals surface area (Å²) in [5.41, 5.74) is 2.46. The van der Waals surface area contributed by atoms with E-state index in [1.54, 1.807) is 6.33 Å². The Kier molecular flexibility index (Phi) is 3.88. The number of fused-ring (bicyclic) bond motifs is 1. The van der Waals surface area contributed by atoms with Crippen LogP contribution in [0.1, 0.15) is 11.1 Å². The molecular weight excluding hydrogens is 294 g/mol. The molecule has 0 amide bonds. The number of hydrogen-bond donors (Lipinski definition) is 0. The summed E-state index contributed by atoms with van der Waals surface area (Å²) >= 11 is 0. The van der Waals surface area contributed by atoms with Crippen LogP contribution in [0.5, 0.6) is 5.75 Å². The van der Waals surface area contributed by atoms with Crippen LogP contribution in [0.3, 0.4) is 0 Å². The number of benzene rings is 1. The van der Waals surface area contributed by atoms with Gasteiger partial charge in [-0.2, -0.15) is 0 Å². The molecular formula is C16H21N5O2. The van der Waals surface area contributed by atoms with E-state index in [9.17, 15) is 0 Å². The smallest absolute Gasteiger partial charge is 0.226 e. The van der Waals surface area contributed by atoms with Crippen molar-refractivity contribution < 1.29 is 9.47 Å². The summed E-state index contributed by atoms with van der Waals surface area (Å²) in [6.45, 7) is 5.96. The zero-order valence-corrected chi connectivity index (χ0v) is 13.3. The predicted molar refractivity (Wildman–Crippen MR) is 85.2 cm³/mol. The van der Waals surface area contributed by atoms with Gasteiger partial charge in [0.05, 0.1) is 6.61 Å². The van der Waals surface area contributed by atoms with E-state index in [0.717, 1.165) is 50.0 Å². The molecule has 4 rings (SSSR count). The van der Waals surface area contributed by atoms with Gasteiger partial charge in [0, 0.05) is 45.3 Å². The largest absolute Gasteiger partial charge is 0.467 e. The van der Waals surface area contributed by atoms with Crippen molar-refractivity contribution >= 4 is 5.95 Å². The van der Waals surface area contributed by atoms with Crippen LogP contribution in [-0.2, 0) is 24.9 Å². The Labute approximate surface area is 135 Å². The van der Waals surface area contributed by atoms with Gasteiger partial charge in [0.25, 0.3) is 0 Å². The maximum Gasteiger partial charge on any atom is 0.226 e. The van der Waals surface area contributed by atoms with Crippen molar-refractivity contribution in [3.63, 3.8) is 0 Å². The fourth-order valence-corrected chi connectivity index (χ4v) is 3.17. The SMILES string of the molecule is Cn1cnnc1N1CCN(Cc2ccc3c(c2)COCO3)CC1. The molecule has 1 aromatic heterocycles. The Hall–Kier alpha value is -2.12. The molecule has 1 saturated heterocycles. The van der Waals surface area contributed by atoms with Crippen molar-refractivity contribution in [3.8, 4) is 5.75 Å². The molecule has 7 heteroatoms. The molecule has 2 aliphatic rings. The number of ether oxygens (including phenoxy) is 2. The van der Waals surface area contributed by atoms with E-state index in [0.29, 0.717) is 13.4 Å². The summed E-state index contributed by atoms with van der Waals surface area (Å²) in [5.74, 6) is 1.90. The van der Waals surface area contributed by atoms with Gasteiger partial charge in [0.15, 0.2) is 6.79 Å². The molecule has 2 aliphatic heterocycles. The highest BCUT2D eigenvalue weighted by atomic mass is 16.7. The van der Waals surface area contributed by atoms with Crippen molar-refractivity contribution in [2.24, 2.45) is 7.05 Å². The molecule has 0 spiro atoms.